The highest BCUT2D eigenvalue weighted by atomic mass is 32.2. The molecule has 0 aliphatic rings. The van der Waals surface area contributed by atoms with Crippen molar-refractivity contribution in [2.45, 2.75) is 20.9 Å². The second-order valence-electron chi connectivity index (χ2n) is 6.86. The molecule has 0 fully saturated rings. The van der Waals surface area contributed by atoms with Crippen LogP contribution in [0.3, 0.4) is 0 Å². The Hall–Kier alpha value is -3.17. The fourth-order valence-corrected chi connectivity index (χ4v) is 5.20. The highest BCUT2D eigenvalue weighted by Crippen LogP contribution is 2.43. The Kier molecular flexibility index (Phi) is 5.79. The topological polar surface area (TPSA) is 66.4 Å². The Morgan fingerprint density at radius 3 is 2.16 bits per heavy atom. The van der Waals surface area contributed by atoms with E-state index in [9.17, 15) is 26.7 Å². The van der Waals surface area contributed by atoms with Gasteiger partial charge in [0.2, 0.25) is 0 Å². The molecule has 0 spiro atoms. The van der Waals surface area contributed by atoms with Crippen LogP contribution in [-0.2, 0) is 16.2 Å². The van der Waals surface area contributed by atoms with Crippen molar-refractivity contribution in [2.75, 3.05) is 4.72 Å². The number of phenols is 1. The number of benzene rings is 4. The van der Waals surface area contributed by atoms with Crippen LogP contribution < -0.4 is 4.72 Å². The lowest BCUT2D eigenvalue weighted by molar-refractivity contribution is -0.137. The number of hydrogen-bond donors (Lipinski definition) is 2. The van der Waals surface area contributed by atoms with E-state index in [-0.39, 0.29) is 11.4 Å². The lowest BCUT2D eigenvalue weighted by Crippen LogP contribution is -2.15. The molecule has 9 heteroatoms. The van der Waals surface area contributed by atoms with Crippen LogP contribution in [0.15, 0.2) is 99.6 Å². The molecule has 0 aliphatic heterocycles. The molecule has 0 saturated heterocycles. The van der Waals surface area contributed by atoms with Gasteiger partial charge in [0, 0.05) is 15.7 Å². The van der Waals surface area contributed by atoms with Gasteiger partial charge in [-0.25, -0.2) is 8.42 Å². The normalized spacial score (nSPS) is 12.1. The highest BCUT2D eigenvalue weighted by molar-refractivity contribution is 7.99. The van der Waals surface area contributed by atoms with Gasteiger partial charge < -0.3 is 5.11 Å². The quantitative estimate of drug-likeness (QED) is 0.323. The molecule has 2 N–H and O–H groups in total. The molecule has 4 aromatic rings. The van der Waals surface area contributed by atoms with Gasteiger partial charge in [-0.2, -0.15) is 13.2 Å². The van der Waals surface area contributed by atoms with Crippen molar-refractivity contribution in [3.05, 3.63) is 90.5 Å². The number of halogens is 3. The standard InChI is InChI=1S/C23H16F3NO3S2/c24-23(25,26)15-7-6-10-17(13-15)32(29,30)27-20-14-21(31-16-8-2-1-3-9-16)22(28)19-12-5-4-11-18(19)20/h1-14,27-28H. The van der Waals surface area contributed by atoms with Crippen molar-refractivity contribution >= 4 is 38.2 Å². The zero-order valence-corrected chi connectivity index (χ0v) is 17.9. The van der Waals surface area contributed by atoms with Gasteiger partial charge in [-0.1, -0.05) is 60.3 Å². The van der Waals surface area contributed by atoms with Crippen LogP contribution in [0.4, 0.5) is 18.9 Å². The fourth-order valence-electron chi connectivity index (χ4n) is 3.16. The minimum absolute atomic E-state index is 0.0172. The number of phenolic OH excluding ortho intramolecular Hbond substituents is 1. The first kappa shape index (κ1) is 22.0. The molecule has 4 nitrogen and oxygen atoms in total. The lowest BCUT2D eigenvalue weighted by atomic mass is 10.1. The van der Waals surface area contributed by atoms with E-state index in [2.05, 4.69) is 4.72 Å². The summed E-state index contributed by atoms with van der Waals surface area (Å²) in [4.78, 5) is 0.711. The molecule has 4 rings (SSSR count). The van der Waals surface area contributed by atoms with Gasteiger partial charge in [-0.3, -0.25) is 4.72 Å². The number of aromatic hydroxyl groups is 1. The van der Waals surface area contributed by atoms with Crippen LogP contribution in [0, 0.1) is 0 Å². The molecule has 164 valence electrons. The first-order chi connectivity index (χ1) is 15.1. The maximum atomic E-state index is 13.0. The van der Waals surface area contributed by atoms with E-state index in [1.807, 2.05) is 30.3 Å². The monoisotopic (exact) mass is 475 g/mol. The molecule has 0 atom stereocenters. The first-order valence-electron chi connectivity index (χ1n) is 9.33. The zero-order chi connectivity index (χ0) is 22.9. The van der Waals surface area contributed by atoms with Crippen molar-refractivity contribution in [3.8, 4) is 5.75 Å². The predicted molar refractivity (Wildman–Crippen MR) is 118 cm³/mol. The maximum Gasteiger partial charge on any atom is 0.416 e. The Bertz CT molecular complexity index is 1390. The zero-order valence-electron chi connectivity index (χ0n) is 16.3. The van der Waals surface area contributed by atoms with Gasteiger partial charge in [0.05, 0.1) is 21.0 Å². The van der Waals surface area contributed by atoms with E-state index in [1.54, 1.807) is 24.3 Å². The van der Waals surface area contributed by atoms with E-state index in [0.717, 1.165) is 23.1 Å². The number of nitrogens with one attached hydrogen (secondary N) is 1. The van der Waals surface area contributed by atoms with Crippen LogP contribution in [0.5, 0.6) is 5.75 Å². The molecule has 0 unspecified atom stereocenters. The maximum absolute atomic E-state index is 13.0. The molecular weight excluding hydrogens is 459 g/mol. The first-order valence-corrected chi connectivity index (χ1v) is 11.6. The molecule has 4 aromatic carbocycles. The Morgan fingerprint density at radius 1 is 0.812 bits per heavy atom. The Morgan fingerprint density at radius 2 is 1.47 bits per heavy atom. The minimum atomic E-state index is -4.67. The fraction of sp³-hybridized carbons (Fsp3) is 0.0435. The number of anilines is 1. The summed E-state index contributed by atoms with van der Waals surface area (Å²) in [7, 11) is -4.33. The number of fused-ring (bicyclic) bond motifs is 1. The van der Waals surface area contributed by atoms with Gasteiger partial charge >= 0.3 is 6.18 Å². The van der Waals surface area contributed by atoms with E-state index >= 15 is 0 Å². The van der Waals surface area contributed by atoms with E-state index in [0.29, 0.717) is 21.7 Å². The summed E-state index contributed by atoms with van der Waals surface area (Å²) in [5.74, 6) is -0.0172. The van der Waals surface area contributed by atoms with Crippen molar-refractivity contribution < 1.29 is 26.7 Å². The molecular formula is C23H16F3NO3S2. The van der Waals surface area contributed by atoms with Crippen molar-refractivity contribution in [1.29, 1.82) is 0 Å². The largest absolute Gasteiger partial charge is 0.506 e. The molecule has 0 aliphatic carbocycles. The average molecular weight is 476 g/mol. The van der Waals surface area contributed by atoms with E-state index in [1.165, 1.54) is 17.8 Å². The Labute approximate surface area is 186 Å². The summed E-state index contributed by atoms with van der Waals surface area (Å²) in [6, 6.07) is 20.8. The summed E-state index contributed by atoms with van der Waals surface area (Å²) >= 11 is 1.24. The SMILES string of the molecule is O=S(=O)(Nc1cc(Sc2ccccc2)c(O)c2ccccc12)c1cccc(C(F)(F)F)c1. The summed E-state index contributed by atoms with van der Waals surface area (Å²) < 4.78 is 67.4. The summed E-state index contributed by atoms with van der Waals surface area (Å²) in [5.41, 5.74) is -0.912. The van der Waals surface area contributed by atoms with Crippen LogP contribution in [0.1, 0.15) is 5.56 Å². The number of alkyl halides is 3. The summed E-state index contributed by atoms with van der Waals surface area (Å²) in [6.07, 6.45) is -4.67. The summed E-state index contributed by atoms with van der Waals surface area (Å²) in [6.45, 7) is 0. The van der Waals surface area contributed by atoms with Gasteiger partial charge in [0.15, 0.2) is 0 Å². The molecule has 0 radical (unpaired) electrons. The average Bonchev–Trinajstić information content (AvgIpc) is 2.77. The van der Waals surface area contributed by atoms with Gasteiger partial charge in [-0.15, -0.1) is 0 Å². The molecule has 0 bridgehead atoms. The molecule has 0 aromatic heterocycles. The van der Waals surface area contributed by atoms with Gasteiger partial charge in [0.1, 0.15) is 5.75 Å². The third-order valence-corrected chi connectivity index (χ3v) is 7.07. The second kappa shape index (κ2) is 8.40. The predicted octanol–water partition coefficient (Wildman–Crippen LogP) is 6.52. The van der Waals surface area contributed by atoms with Crippen LogP contribution in [0.25, 0.3) is 10.8 Å². The van der Waals surface area contributed by atoms with Crippen molar-refractivity contribution in [2.24, 2.45) is 0 Å². The lowest BCUT2D eigenvalue weighted by Gasteiger charge is -2.15. The van der Waals surface area contributed by atoms with Crippen LogP contribution in [0.2, 0.25) is 0 Å². The molecule has 0 saturated carbocycles. The van der Waals surface area contributed by atoms with E-state index < -0.39 is 26.7 Å². The third-order valence-electron chi connectivity index (χ3n) is 4.67. The summed E-state index contributed by atoms with van der Waals surface area (Å²) in [5, 5.41) is 11.6. The van der Waals surface area contributed by atoms with Crippen molar-refractivity contribution in [1.82, 2.24) is 0 Å². The van der Waals surface area contributed by atoms with Crippen LogP contribution in [-0.4, -0.2) is 13.5 Å². The second-order valence-corrected chi connectivity index (χ2v) is 9.66. The number of rotatable bonds is 5. The highest BCUT2D eigenvalue weighted by Gasteiger charge is 2.31. The van der Waals surface area contributed by atoms with Gasteiger partial charge in [0.25, 0.3) is 10.0 Å². The smallest absolute Gasteiger partial charge is 0.416 e. The minimum Gasteiger partial charge on any atom is -0.506 e. The van der Waals surface area contributed by atoms with Crippen molar-refractivity contribution in [3.63, 3.8) is 0 Å². The molecule has 32 heavy (non-hydrogen) atoms. The number of hydrogen-bond acceptors (Lipinski definition) is 4. The van der Waals surface area contributed by atoms with Crippen LogP contribution >= 0.6 is 11.8 Å². The molecule has 0 heterocycles. The third kappa shape index (κ3) is 4.53. The van der Waals surface area contributed by atoms with Gasteiger partial charge in [-0.05, 0) is 36.4 Å². The Balaban J connectivity index is 1.79. The molecule has 0 amide bonds. The van der Waals surface area contributed by atoms with E-state index in [4.69, 9.17) is 0 Å². The number of sulfonamides is 1.